The van der Waals surface area contributed by atoms with Gasteiger partial charge < -0.3 is 9.47 Å². The van der Waals surface area contributed by atoms with Crippen molar-refractivity contribution >= 4 is 11.6 Å². The van der Waals surface area contributed by atoms with Crippen molar-refractivity contribution < 1.29 is 9.47 Å². The highest BCUT2D eigenvalue weighted by molar-refractivity contribution is 6.20. The van der Waals surface area contributed by atoms with Crippen LogP contribution in [-0.2, 0) is 4.74 Å². The summed E-state index contributed by atoms with van der Waals surface area (Å²) < 4.78 is 11.3. The molecule has 0 aromatic heterocycles. The lowest BCUT2D eigenvalue weighted by Gasteiger charge is -2.37. The highest BCUT2D eigenvalue weighted by atomic mass is 35.5. The van der Waals surface area contributed by atoms with E-state index in [-0.39, 0.29) is 11.0 Å². The SMILES string of the molecule is CC1(C(Cl)OCCOc2ccccc2)CCCCC1. The van der Waals surface area contributed by atoms with E-state index in [0.29, 0.717) is 13.2 Å². The first-order valence-corrected chi connectivity index (χ1v) is 7.58. The van der Waals surface area contributed by atoms with Gasteiger partial charge in [-0.25, -0.2) is 0 Å². The van der Waals surface area contributed by atoms with Crippen LogP contribution in [0.15, 0.2) is 30.3 Å². The smallest absolute Gasteiger partial charge is 0.136 e. The molecule has 0 spiro atoms. The van der Waals surface area contributed by atoms with E-state index in [2.05, 4.69) is 6.92 Å². The third-order valence-electron chi connectivity index (χ3n) is 3.90. The second-order valence-electron chi connectivity index (χ2n) is 5.56. The molecule has 0 heterocycles. The molecule has 0 aliphatic heterocycles. The van der Waals surface area contributed by atoms with Gasteiger partial charge in [0.1, 0.15) is 17.9 Å². The number of benzene rings is 1. The summed E-state index contributed by atoms with van der Waals surface area (Å²) in [5, 5.41) is 0. The molecule has 0 amide bonds. The quantitative estimate of drug-likeness (QED) is 0.560. The van der Waals surface area contributed by atoms with Gasteiger partial charge in [-0.2, -0.15) is 0 Å². The van der Waals surface area contributed by atoms with Gasteiger partial charge in [-0.3, -0.25) is 0 Å². The van der Waals surface area contributed by atoms with E-state index in [1.807, 2.05) is 30.3 Å². The lowest BCUT2D eigenvalue weighted by Crippen LogP contribution is -2.33. The number of ether oxygens (including phenoxy) is 2. The number of alkyl halides is 1. The van der Waals surface area contributed by atoms with Crippen LogP contribution >= 0.6 is 11.6 Å². The lowest BCUT2D eigenvalue weighted by atomic mass is 9.76. The van der Waals surface area contributed by atoms with E-state index < -0.39 is 0 Å². The fourth-order valence-corrected chi connectivity index (χ4v) is 2.92. The van der Waals surface area contributed by atoms with Crippen molar-refractivity contribution in [2.75, 3.05) is 13.2 Å². The fourth-order valence-electron chi connectivity index (χ4n) is 2.62. The Hall–Kier alpha value is -0.730. The van der Waals surface area contributed by atoms with Crippen molar-refractivity contribution in [3.05, 3.63) is 30.3 Å². The molecule has 1 aromatic carbocycles. The van der Waals surface area contributed by atoms with E-state index >= 15 is 0 Å². The van der Waals surface area contributed by atoms with Gasteiger partial charge in [-0.1, -0.05) is 56.0 Å². The molecule has 1 saturated carbocycles. The van der Waals surface area contributed by atoms with Crippen LogP contribution in [0.4, 0.5) is 0 Å². The molecule has 106 valence electrons. The Balaban J connectivity index is 1.67. The summed E-state index contributed by atoms with van der Waals surface area (Å²) in [6.45, 7) is 3.32. The Labute approximate surface area is 121 Å². The fraction of sp³-hybridized carbons (Fsp3) is 0.625. The van der Waals surface area contributed by atoms with Gasteiger partial charge in [-0.15, -0.1) is 0 Å². The first kappa shape index (κ1) is 14.7. The summed E-state index contributed by atoms with van der Waals surface area (Å²) in [6, 6.07) is 9.79. The Morgan fingerprint density at radius 1 is 1.11 bits per heavy atom. The van der Waals surface area contributed by atoms with Crippen molar-refractivity contribution in [2.45, 2.75) is 44.6 Å². The summed E-state index contributed by atoms with van der Waals surface area (Å²) in [5.41, 5.74) is -0.0702. The molecule has 0 saturated heterocycles. The average molecular weight is 283 g/mol. The van der Waals surface area contributed by atoms with Crippen LogP contribution in [0.5, 0.6) is 5.75 Å². The van der Waals surface area contributed by atoms with E-state index in [1.165, 1.54) is 32.1 Å². The molecule has 2 nitrogen and oxygen atoms in total. The number of hydrogen-bond acceptors (Lipinski definition) is 2. The molecule has 1 atom stereocenters. The first-order chi connectivity index (χ1) is 9.21. The molecule has 0 N–H and O–H groups in total. The summed E-state index contributed by atoms with van der Waals surface area (Å²) in [6.07, 6.45) is 6.20. The summed E-state index contributed by atoms with van der Waals surface area (Å²) >= 11 is 6.40. The highest BCUT2D eigenvalue weighted by Gasteiger charge is 2.34. The Morgan fingerprint density at radius 3 is 2.47 bits per heavy atom. The van der Waals surface area contributed by atoms with E-state index in [1.54, 1.807) is 0 Å². The highest BCUT2D eigenvalue weighted by Crippen LogP contribution is 2.41. The van der Waals surface area contributed by atoms with Gasteiger partial charge in [0.25, 0.3) is 0 Å². The van der Waals surface area contributed by atoms with Crippen molar-refractivity contribution in [2.24, 2.45) is 5.41 Å². The zero-order chi connectivity index (χ0) is 13.6. The zero-order valence-corrected chi connectivity index (χ0v) is 12.4. The predicted molar refractivity (Wildman–Crippen MR) is 78.7 cm³/mol. The van der Waals surface area contributed by atoms with Crippen molar-refractivity contribution in [1.82, 2.24) is 0 Å². The summed E-state index contributed by atoms with van der Waals surface area (Å²) in [7, 11) is 0. The molecule has 0 bridgehead atoms. The minimum Gasteiger partial charge on any atom is -0.491 e. The Bertz CT molecular complexity index is 360. The summed E-state index contributed by atoms with van der Waals surface area (Å²) in [4.78, 5) is 0. The van der Waals surface area contributed by atoms with Gasteiger partial charge >= 0.3 is 0 Å². The van der Waals surface area contributed by atoms with E-state index in [9.17, 15) is 0 Å². The standard InChI is InChI=1S/C16H23ClO2/c1-16(10-6-3-7-11-16)15(17)19-13-12-18-14-8-4-2-5-9-14/h2,4-5,8-9,15H,3,6-7,10-13H2,1H3. The molecule has 1 unspecified atom stereocenters. The third kappa shape index (κ3) is 4.39. The Morgan fingerprint density at radius 2 is 1.79 bits per heavy atom. The molecular weight excluding hydrogens is 260 g/mol. The lowest BCUT2D eigenvalue weighted by molar-refractivity contribution is -0.00959. The molecule has 0 radical (unpaired) electrons. The maximum Gasteiger partial charge on any atom is 0.136 e. The van der Waals surface area contributed by atoms with Crippen molar-refractivity contribution in [3.8, 4) is 5.75 Å². The third-order valence-corrected chi connectivity index (χ3v) is 4.56. The first-order valence-electron chi connectivity index (χ1n) is 7.14. The minimum absolute atomic E-state index is 0.132. The summed E-state index contributed by atoms with van der Waals surface area (Å²) in [5.74, 6) is 0.876. The van der Waals surface area contributed by atoms with Crippen LogP contribution in [0.25, 0.3) is 0 Å². The minimum atomic E-state index is -0.202. The predicted octanol–water partition coefficient (Wildman–Crippen LogP) is 4.62. The molecule has 3 heteroatoms. The van der Waals surface area contributed by atoms with Crippen LogP contribution in [0.1, 0.15) is 39.0 Å². The van der Waals surface area contributed by atoms with Crippen LogP contribution < -0.4 is 4.74 Å². The topological polar surface area (TPSA) is 18.5 Å². The van der Waals surface area contributed by atoms with Gasteiger partial charge in [0.2, 0.25) is 0 Å². The molecule has 1 aliphatic carbocycles. The van der Waals surface area contributed by atoms with E-state index in [4.69, 9.17) is 21.1 Å². The van der Waals surface area contributed by atoms with E-state index in [0.717, 1.165) is 5.75 Å². The largest absolute Gasteiger partial charge is 0.491 e. The van der Waals surface area contributed by atoms with Crippen molar-refractivity contribution in [3.63, 3.8) is 0 Å². The molecular formula is C16H23ClO2. The van der Waals surface area contributed by atoms with Crippen molar-refractivity contribution in [1.29, 1.82) is 0 Å². The van der Waals surface area contributed by atoms with Crippen LogP contribution in [0, 0.1) is 5.41 Å². The maximum atomic E-state index is 6.40. The number of halogens is 1. The number of para-hydroxylation sites is 1. The monoisotopic (exact) mass is 282 g/mol. The second-order valence-corrected chi connectivity index (χ2v) is 5.96. The average Bonchev–Trinajstić information content (AvgIpc) is 2.45. The van der Waals surface area contributed by atoms with Gasteiger partial charge in [0, 0.05) is 5.41 Å². The van der Waals surface area contributed by atoms with Crippen LogP contribution in [0.3, 0.4) is 0 Å². The maximum absolute atomic E-state index is 6.40. The molecule has 2 rings (SSSR count). The molecule has 1 aromatic rings. The van der Waals surface area contributed by atoms with Gasteiger partial charge in [-0.05, 0) is 25.0 Å². The number of hydrogen-bond donors (Lipinski definition) is 0. The Kier molecular flexibility index (Phi) is 5.53. The van der Waals surface area contributed by atoms with Gasteiger partial charge in [0.15, 0.2) is 0 Å². The zero-order valence-electron chi connectivity index (χ0n) is 11.6. The number of rotatable bonds is 6. The van der Waals surface area contributed by atoms with Crippen LogP contribution in [0.2, 0.25) is 0 Å². The van der Waals surface area contributed by atoms with Crippen LogP contribution in [-0.4, -0.2) is 18.8 Å². The second kappa shape index (κ2) is 7.16. The van der Waals surface area contributed by atoms with Gasteiger partial charge in [0.05, 0.1) is 6.61 Å². The molecule has 1 aliphatic rings. The molecule has 1 fully saturated rings. The molecule has 19 heavy (non-hydrogen) atoms. The normalized spacial score (nSPS) is 19.9.